The Kier molecular flexibility index (Phi) is 7.35. The van der Waals surface area contributed by atoms with Gasteiger partial charge in [-0.2, -0.15) is 4.31 Å². The van der Waals surface area contributed by atoms with Gasteiger partial charge in [0.05, 0.1) is 11.0 Å². The smallest absolute Gasteiger partial charge is 0.243 e. The SMILES string of the molecule is CCC.COC1CCN(S(=O)(=O)c2ccccc2C)CC1. The van der Waals surface area contributed by atoms with Crippen molar-refractivity contribution in [2.75, 3.05) is 20.2 Å². The summed E-state index contributed by atoms with van der Waals surface area (Å²) in [4.78, 5) is 0.417. The average molecular weight is 313 g/mol. The van der Waals surface area contributed by atoms with Gasteiger partial charge in [-0.1, -0.05) is 38.5 Å². The number of piperidine rings is 1. The van der Waals surface area contributed by atoms with E-state index in [1.165, 1.54) is 6.42 Å². The number of sulfonamides is 1. The van der Waals surface area contributed by atoms with Crippen molar-refractivity contribution in [2.24, 2.45) is 0 Å². The van der Waals surface area contributed by atoms with Crippen molar-refractivity contribution in [3.8, 4) is 0 Å². The highest BCUT2D eigenvalue weighted by Crippen LogP contribution is 2.23. The summed E-state index contributed by atoms with van der Waals surface area (Å²) in [7, 11) is -1.67. The van der Waals surface area contributed by atoms with Crippen LogP contribution in [0.2, 0.25) is 0 Å². The van der Waals surface area contributed by atoms with Gasteiger partial charge in [-0.25, -0.2) is 8.42 Å². The van der Waals surface area contributed by atoms with Gasteiger partial charge >= 0.3 is 0 Å². The second kappa shape index (κ2) is 8.51. The van der Waals surface area contributed by atoms with Gasteiger partial charge in [-0.3, -0.25) is 0 Å². The molecule has 1 aliphatic heterocycles. The highest BCUT2D eigenvalue weighted by molar-refractivity contribution is 7.89. The summed E-state index contributed by atoms with van der Waals surface area (Å²) < 4.78 is 31.8. The number of rotatable bonds is 3. The van der Waals surface area contributed by atoms with Gasteiger partial charge in [0.2, 0.25) is 10.0 Å². The zero-order chi connectivity index (χ0) is 15.9. The normalized spacial score (nSPS) is 17.1. The van der Waals surface area contributed by atoms with Gasteiger partial charge in [0.25, 0.3) is 0 Å². The maximum atomic E-state index is 12.5. The largest absolute Gasteiger partial charge is 0.381 e. The maximum absolute atomic E-state index is 12.5. The Morgan fingerprint density at radius 1 is 1.19 bits per heavy atom. The van der Waals surface area contributed by atoms with Gasteiger partial charge in [-0.05, 0) is 31.4 Å². The highest BCUT2D eigenvalue weighted by Gasteiger charge is 2.29. The van der Waals surface area contributed by atoms with E-state index in [2.05, 4.69) is 13.8 Å². The lowest BCUT2D eigenvalue weighted by atomic mass is 10.1. The third-order valence-corrected chi connectivity index (χ3v) is 5.50. The van der Waals surface area contributed by atoms with E-state index < -0.39 is 10.0 Å². The van der Waals surface area contributed by atoms with Crippen LogP contribution in [0.4, 0.5) is 0 Å². The zero-order valence-corrected chi connectivity index (χ0v) is 14.3. The standard InChI is InChI=1S/C13H19NO3S.C3H8/c1-11-5-3-4-6-13(11)18(15,16)14-9-7-12(17-2)8-10-14;1-3-2/h3-6,12H,7-10H2,1-2H3;3H2,1-2H3. The lowest BCUT2D eigenvalue weighted by molar-refractivity contribution is 0.0604. The lowest BCUT2D eigenvalue weighted by Gasteiger charge is -2.30. The molecule has 0 aromatic heterocycles. The van der Waals surface area contributed by atoms with Gasteiger partial charge in [0, 0.05) is 20.2 Å². The van der Waals surface area contributed by atoms with Crippen molar-refractivity contribution in [2.45, 2.75) is 51.0 Å². The fourth-order valence-corrected chi connectivity index (χ4v) is 3.99. The minimum absolute atomic E-state index is 0.188. The maximum Gasteiger partial charge on any atom is 0.243 e. The van der Waals surface area contributed by atoms with Gasteiger partial charge in [-0.15, -0.1) is 0 Å². The Labute approximate surface area is 129 Å². The molecule has 1 aromatic carbocycles. The summed E-state index contributed by atoms with van der Waals surface area (Å²) in [6.45, 7) is 7.15. The van der Waals surface area contributed by atoms with Crippen LogP contribution in [0.5, 0.6) is 0 Å². The monoisotopic (exact) mass is 313 g/mol. The van der Waals surface area contributed by atoms with E-state index in [-0.39, 0.29) is 6.10 Å². The van der Waals surface area contributed by atoms with Crippen LogP contribution in [-0.4, -0.2) is 39.0 Å². The van der Waals surface area contributed by atoms with Crippen LogP contribution in [0, 0.1) is 6.92 Å². The second-order valence-electron chi connectivity index (χ2n) is 5.31. The molecule has 1 aromatic rings. The first-order valence-electron chi connectivity index (χ1n) is 7.55. The molecular weight excluding hydrogens is 286 g/mol. The number of hydrogen-bond acceptors (Lipinski definition) is 3. The number of nitrogens with zero attached hydrogens (tertiary/aromatic N) is 1. The van der Waals surface area contributed by atoms with Crippen molar-refractivity contribution >= 4 is 10.0 Å². The first-order chi connectivity index (χ1) is 9.97. The van der Waals surface area contributed by atoms with Crippen molar-refractivity contribution < 1.29 is 13.2 Å². The lowest BCUT2D eigenvalue weighted by Crippen LogP contribution is -2.40. The molecular formula is C16H27NO3S. The molecule has 2 rings (SSSR count). The first-order valence-corrected chi connectivity index (χ1v) is 8.99. The number of hydrogen-bond donors (Lipinski definition) is 0. The van der Waals surface area contributed by atoms with Crippen molar-refractivity contribution in [3.63, 3.8) is 0 Å². The summed E-state index contributed by atoms with van der Waals surface area (Å²) in [6, 6.07) is 7.12. The van der Waals surface area contributed by atoms with Crippen molar-refractivity contribution in [1.82, 2.24) is 4.31 Å². The van der Waals surface area contributed by atoms with E-state index in [9.17, 15) is 8.42 Å². The number of methoxy groups -OCH3 is 1. The molecule has 0 radical (unpaired) electrons. The van der Waals surface area contributed by atoms with Gasteiger partial charge < -0.3 is 4.74 Å². The summed E-state index contributed by atoms with van der Waals surface area (Å²) in [5.74, 6) is 0. The van der Waals surface area contributed by atoms with Crippen LogP contribution in [0.25, 0.3) is 0 Å². The molecule has 0 amide bonds. The van der Waals surface area contributed by atoms with E-state index in [4.69, 9.17) is 4.74 Å². The van der Waals surface area contributed by atoms with Crippen LogP contribution in [0.15, 0.2) is 29.2 Å². The predicted octanol–water partition coefficient (Wildman–Crippen LogP) is 3.21. The predicted molar refractivity (Wildman–Crippen MR) is 85.9 cm³/mol. The Bertz CT molecular complexity index is 520. The first kappa shape index (κ1) is 18.1. The summed E-state index contributed by atoms with van der Waals surface area (Å²) >= 11 is 0. The van der Waals surface area contributed by atoms with E-state index in [1.54, 1.807) is 23.5 Å². The minimum Gasteiger partial charge on any atom is -0.381 e. The van der Waals surface area contributed by atoms with Crippen LogP contribution in [-0.2, 0) is 14.8 Å². The molecule has 0 bridgehead atoms. The molecule has 0 saturated carbocycles. The Balaban J connectivity index is 0.000000677. The molecule has 0 unspecified atom stereocenters. The van der Waals surface area contributed by atoms with Crippen molar-refractivity contribution in [3.05, 3.63) is 29.8 Å². The summed E-state index contributed by atoms with van der Waals surface area (Å²) in [6.07, 6.45) is 2.97. The van der Waals surface area contributed by atoms with E-state index in [0.717, 1.165) is 18.4 Å². The molecule has 1 saturated heterocycles. The zero-order valence-electron chi connectivity index (χ0n) is 13.5. The van der Waals surface area contributed by atoms with Crippen LogP contribution in [0.3, 0.4) is 0 Å². The molecule has 21 heavy (non-hydrogen) atoms. The van der Waals surface area contributed by atoms with Crippen LogP contribution < -0.4 is 0 Å². The Morgan fingerprint density at radius 3 is 2.19 bits per heavy atom. The molecule has 5 heteroatoms. The Hall–Kier alpha value is -0.910. The molecule has 1 fully saturated rings. The molecule has 1 heterocycles. The third-order valence-electron chi connectivity index (χ3n) is 3.45. The van der Waals surface area contributed by atoms with Crippen LogP contribution in [0.1, 0.15) is 38.7 Å². The molecule has 4 nitrogen and oxygen atoms in total. The Morgan fingerprint density at radius 2 is 1.71 bits per heavy atom. The summed E-state index contributed by atoms with van der Waals surface area (Å²) in [5.41, 5.74) is 0.798. The molecule has 1 aliphatic rings. The van der Waals surface area contributed by atoms with Crippen molar-refractivity contribution in [1.29, 1.82) is 0 Å². The molecule has 0 aliphatic carbocycles. The van der Waals surface area contributed by atoms with Gasteiger partial charge in [0.15, 0.2) is 0 Å². The average Bonchev–Trinajstić information content (AvgIpc) is 2.48. The number of ether oxygens (including phenoxy) is 1. The van der Waals surface area contributed by atoms with E-state index in [1.807, 2.05) is 19.1 Å². The molecule has 0 spiro atoms. The van der Waals surface area contributed by atoms with Crippen LogP contribution >= 0.6 is 0 Å². The molecule has 0 atom stereocenters. The molecule has 120 valence electrons. The minimum atomic E-state index is -3.35. The third kappa shape index (κ3) is 4.80. The highest BCUT2D eigenvalue weighted by atomic mass is 32.2. The van der Waals surface area contributed by atoms with E-state index in [0.29, 0.717) is 18.0 Å². The van der Waals surface area contributed by atoms with Gasteiger partial charge in [0.1, 0.15) is 0 Å². The molecule has 0 N–H and O–H groups in total. The number of aryl methyl sites for hydroxylation is 1. The quantitative estimate of drug-likeness (QED) is 0.861. The fraction of sp³-hybridized carbons (Fsp3) is 0.625. The fourth-order valence-electron chi connectivity index (χ4n) is 2.29. The summed E-state index contributed by atoms with van der Waals surface area (Å²) in [5, 5.41) is 0. The van der Waals surface area contributed by atoms with E-state index >= 15 is 0 Å². The topological polar surface area (TPSA) is 46.6 Å². The number of benzene rings is 1. The second-order valence-corrected chi connectivity index (χ2v) is 7.22.